The lowest BCUT2D eigenvalue weighted by atomic mass is 9.86. The van der Waals surface area contributed by atoms with Gasteiger partial charge in [0.05, 0.1) is 18.8 Å². The van der Waals surface area contributed by atoms with Crippen LogP contribution in [0.5, 0.6) is 0 Å². The highest BCUT2D eigenvalue weighted by Gasteiger charge is 2.79. The number of aryl methyl sites for hydroxylation is 1. The first-order valence-electron chi connectivity index (χ1n) is 6.98. The third-order valence-electron chi connectivity index (χ3n) is 5.01. The molecule has 2 aliphatic carbocycles. The zero-order valence-electron chi connectivity index (χ0n) is 10.7. The second-order valence-corrected chi connectivity index (χ2v) is 7.12. The summed E-state index contributed by atoms with van der Waals surface area (Å²) in [6.45, 7) is 3.40. The van der Waals surface area contributed by atoms with Crippen molar-refractivity contribution in [2.24, 2.45) is 5.92 Å². The fraction of sp³-hybridized carbons (Fsp3) is 0.600. The van der Waals surface area contributed by atoms with Gasteiger partial charge < -0.3 is 4.74 Å². The number of morpholine rings is 1. The molecule has 0 spiro atoms. The van der Waals surface area contributed by atoms with Crippen LogP contribution in [-0.2, 0) is 16.7 Å². The van der Waals surface area contributed by atoms with Gasteiger partial charge >= 0.3 is 0 Å². The van der Waals surface area contributed by atoms with Crippen molar-refractivity contribution in [2.45, 2.75) is 22.7 Å². The first kappa shape index (κ1) is 12.5. The highest BCUT2D eigenvalue weighted by molar-refractivity contribution is 6.52. The van der Waals surface area contributed by atoms with E-state index in [1.807, 2.05) is 0 Å². The summed E-state index contributed by atoms with van der Waals surface area (Å²) in [7, 11) is 0. The lowest BCUT2D eigenvalue weighted by Gasteiger charge is -2.39. The van der Waals surface area contributed by atoms with Gasteiger partial charge in [-0.05, 0) is 24.0 Å². The highest BCUT2D eigenvalue weighted by Crippen LogP contribution is 2.74. The second kappa shape index (κ2) is 4.11. The average molecular weight is 298 g/mol. The van der Waals surface area contributed by atoms with Crippen molar-refractivity contribution in [1.82, 2.24) is 4.90 Å². The molecule has 2 atom stereocenters. The molecule has 1 aromatic rings. The van der Waals surface area contributed by atoms with Gasteiger partial charge in [0, 0.05) is 19.0 Å². The van der Waals surface area contributed by atoms with Gasteiger partial charge in [-0.25, -0.2) is 0 Å². The molecule has 1 saturated heterocycles. The van der Waals surface area contributed by atoms with E-state index in [-0.39, 0.29) is 5.54 Å². The minimum Gasteiger partial charge on any atom is -0.379 e. The molecule has 0 amide bonds. The van der Waals surface area contributed by atoms with Crippen molar-refractivity contribution >= 4 is 23.2 Å². The Bertz CT molecular complexity index is 513. The Morgan fingerprint density at radius 2 is 1.89 bits per heavy atom. The number of hydrogen-bond acceptors (Lipinski definition) is 2. The number of nitrogens with zero attached hydrogens (tertiary/aromatic N) is 1. The van der Waals surface area contributed by atoms with E-state index in [2.05, 4.69) is 29.2 Å². The molecule has 19 heavy (non-hydrogen) atoms. The van der Waals surface area contributed by atoms with Crippen molar-refractivity contribution in [3.8, 4) is 0 Å². The summed E-state index contributed by atoms with van der Waals surface area (Å²) < 4.78 is 4.84. The summed E-state index contributed by atoms with van der Waals surface area (Å²) in [5.41, 5.74) is 2.58. The molecular weight excluding hydrogens is 281 g/mol. The van der Waals surface area contributed by atoms with Gasteiger partial charge in [-0.3, -0.25) is 4.90 Å². The predicted molar refractivity (Wildman–Crippen MR) is 76.8 cm³/mol. The Kier molecular flexibility index (Phi) is 2.69. The Balaban J connectivity index is 1.84. The van der Waals surface area contributed by atoms with E-state index in [4.69, 9.17) is 27.9 Å². The van der Waals surface area contributed by atoms with E-state index in [0.717, 1.165) is 39.1 Å². The normalized spacial score (nSPS) is 36.4. The minimum absolute atomic E-state index is 0.172. The zero-order valence-corrected chi connectivity index (χ0v) is 12.3. The molecule has 0 aromatic heterocycles. The molecule has 3 aliphatic rings. The van der Waals surface area contributed by atoms with Gasteiger partial charge in [0.1, 0.15) is 4.33 Å². The fourth-order valence-corrected chi connectivity index (χ4v) is 5.27. The van der Waals surface area contributed by atoms with Crippen LogP contribution in [0.4, 0.5) is 0 Å². The van der Waals surface area contributed by atoms with Crippen LogP contribution in [-0.4, -0.2) is 35.5 Å². The molecule has 0 bridgehead atoms. The summed E-state index contributed by atoms with van der Waals surface area (Å²) in [5.74, 6) is 0.358. The van der Waals surface area contributed by atoms with Crippen LogP contribution < -0.4 is 0 Å². The zero-order chi connectivity index (χ0) is 13.1. The van der Waals surface area contributed by atoms with Crippen LogP contribution in [0.25, 0.3) is 0 Å². The van der Waals surface area contributed by atoms with Crippen LogP contribution >= 0.6 is 23.2 Å². The molecule has 1 aliphatic heterocycles. The predicted octanol–water partition coefficient (Wildman–Crippen LogP) is 2.96. The van der Waals surface area contributed by atoms with Crippen molar-refractivity contribution in [2.75, 3.05) is 26.3 Å². The SMILES string of the molecule is ClC1(Cl)[C@@H]2CCc3ccccc3[C@@]21N1CCOCC1. The maximum atomic E-state index is 6.71. The Hall–Kier alpha value is -0.280. The first-order valence-corrected chi connectivity index (χ1v) is 7.73. The van der Waals surface area contributed by atoms with Crippen molar-refractivity contribution in [3.05, 3.63) is 35.4 Å². The van der Waals surface area contributed by atoms with Gasteiger partial charge in [-0.2, -0.15) is 0 Å². The summed E-state index contributed by atoms with van der Waals surface area (Å²) in [6, 6.07) is 8.64. The van der Waals surface area contributed by atoms with E-state index >= 15 is 0 Å². The summed E-state index contributed by atoms with van der Waals surface area (Å²) in [4.78, 5) is 2.46. The number of hydrogen-bond donors (Lipinski definition) is 0. The number of rotatable bonds is 1. The smallest absolute Gasteiger partial charge is 0.146 e. The third-order valence-corrected chi connectivity index (χ3v) is 6.11. The highest BCUT2D eigenvalue weighted by atomic mass is 35.5. The van der Waals surface area contributed by atoms with E-state index in [1.54, 1.807) is 0 Å². The van der Waals surface area contributed by atoms with Gasteiger partial charge in [-0.1, -0.05) is 47.5 Å². The standard InChI is InChI=1S/C15H17Cl2NO/c16-15(17)13-6-5-11-3-1-2-4-12(11)14(13,15)18-7-9-19-10-8-18/h1-4,13H,5-10H2/t13-,14-/m1/s1. The Morgan fingerprint density at radius 3 is 2.68 bits per heavy atom. The average Bonchev–Trinajstić information content (AvgIpc) is 2.98. The second-order valence-electron chi connectivity index (χ2n) is 5.74. The molecule has 0 N–H and O–H groups in total. The Morgan fingerprint density at radius 1 is 1.16 bits per heavy atom. The quantitative estimate of drug-likeness (QED) is 0.739. The van der Waals surface area contributed by atoms with Crippen LogP contribution in [0.2, 0.25) is 0 Å². The van der Waals surface area contributed by atoms with E-state index in [9.17, 15) is 0 Å². The van der Waals surface area contributed by atoms with E-state index in [1.165, 1.54) is 11.1 Å². The van der Waals surface area contributed by atoms with Gasteiger partial charge in [0.15, 0.2) is 0 Å². The van der Waals surface area contributed by atoms with E-state index < -0.39 is 4.33 Å². The summed E-state index contributed by atoms with van der Waals surface area (Å²) in [6.07, 6.45) is 2.18. The number of ether oxygens (including phenoxy) is 1. The fourth-order valence-electron chi connectivity index (χ4n) is 4.14. The van der Waals surface area contributed by atoms with Crippen LogP contribution in [0, 0.1) is 5.92 Å². The topological polar surface area (TPSA) is 12.5 Å². The van der Waals surface area contributed by atoms with Crippen molar-refractivity contribution in [1.29, 1.82) is 0 Å². The lowest BCUT2D eigenvalue weighted by Crippen LogP contribution is -2.47. The molecule has 102 valence electrons. The van der Waals surface area contributed by atoms with Gasteiger partial charge in [0.2, 0.25) is 0 Å². The van der Waals surface area contributed by atoms with Gasteiger partial charge in [-0.15, -0.1) is 0 Å². The molecule has 4 rings (SSSR count). The number of fused-ring (bicyclic) bond motifs is 3. The van der Waals surface area contributed by atoms with Crippen molar-refractivity contribution in [3.63, 3.8) is 0 Å². The largest absolute Gasteiger partial charge is 0.379 e. The van der Waals surface area contributed by atoms with Crippen LogP contribution in [0.1, 0.15) is 17.5 Å². The Labute approximate surface area is 123 Å². The summed E-state index contributed by atoms with van der Waals surface area (Å²) in [5, 5.41) is 0. The number of halogens is 2. The monoisotopic (exact) mass is 297 g/mol. The maximum absolute atomic E-state index is 6.71. The molecule has 1 aromatic carbocycles. The van der Waals surface area contributed by atoms with Crippen molar-refractivity contribution < 1.29 is 4.74 Å². The molecule has 0 unspecified atom stereocenters. The molecular formula is C15H17Cl2NO. The molecule has 2 nitrogen and oxygen atoms in total. The molecule has 4 heteroatoms. The third kappa shape index (κ3) is 1.46. The van der Waals surface area contributed by atoms with Crippen LogP contribution in [0.15, 0.2) is 24.3 Å². The molecule has 0 radical (unpaired) electrons. The molecule has 1 heterocycles. The lowest BCUT2D eigenvalue weighted by molar-refractivity contribution is 0.00156. The molecule has 2 fully saturated rings. The molecule has 1 saturated carbocycles. The first-order chi connectivity index (χ1) is 9.19. The number of alkyl halides is 2. The number of benzene rings is 1. The van der Waals surface area contributed by atoms with E-state index in [0.29, 0.717) is 5.92 Å². The summed E-state index contributed by atoms with van der Waals surface area (Å²) >= 11 is 13.4. The maximum Gasteiger partial charge on any atom is 0.146 e. The van der Waals surface area contributed by atoms with Gasteiger partial charge in [0.25, 0.3) is 0 Å². The van der Waals surface area contributed by atoms with Crippen LogP contribution in [0.3, 0.4) is 0 Å². The minimum atomic E-state index is -0.642.